The van der Waals surface area contributed by atoms with E-state index in [0.29, 0.717) is 0 Å². The van der Waals surface area contributed by atoms with E-state index in [0.717, 1.165) is 16.1 Å². The van der Waals surface area contributed by atoms with Crippen molar-refractivity contribution in [2.45, 2.75) is 9.79 Å². The van der Waals surface area contributed by atoms with Gasteiger partial charge in [0, 0.05) is 33.1 Å². The second-order valence-electron chi connectivity index (χ2n) is 9.85. The lowest BCUT2D eigenvalue weighted by atomic mass is 9.92. The molecule has 0 saturated heterocycles. The molecular formula is C36H22N2S2. The van der Waals surface area contributed by atoms with Crippen LogP contribution >= 0.6 is 23.1 Å². The predicted octanol–water partition coefficient (Wildman–Crippen LogP) is 10.6. The van der Waals surface area contributed by atoms with E-state index in [1.165, 1.54) is 57.9 Å². The minimum absolute atomic E-state index is 1.05. The first-order chi connectivity index (χ1) is 19.8. The fourth-order valence-corrected chi connectivity index (χ4v) is 7.58. The Morgan fingerprint density at radius 2 is 1.30 bits per heavy atom. The van der Waals surface area contributed by atoms with Crippen molar-refractivity contribution >= 4 is 65.6 Å². The van der Waals surface area contributed by atoms with Crippen molar-refractivity contribution in [1.82, 2.24) is 9.97 Å². The maximum absolute atomic E-state index is 4.84. The summed E-state index contributed by atoms with van der Waals surface area (Å²) < 4.78 is 1.22. The summed E-state index contributed by atoms with van der Waals surface area (Å²) in [5.74, 6) is 0. The van der Waals surface area contributed by atoms with E-state index in [9.17, 15) is 0 Å². The van der Waals surface area contributed by atoms with Gasteiger partial charge >= 0.3 is 0 Å². The summed E-state index contributed by atoms with van der Waals surface area (Å²) in [6.07, 6.45) is 3.92. The molecule has 8 rings (SSSR count). The molecule has 0 amide bonds. The van der Waals surface area contributed by atoms with Gasteiger partial charge in [0.15, 0.2) is 0 Å². The highest BCUT2D eigenvalue weighted by atomic mass is 32.2. The Balaban J connectivity index is 1.26. The number of hydrogen-bond donors (Lipinski definition) is 0. The third kappa shape index (κ3) is 3.96. The van der Waals surface area contributed by atoms with Crippen LogP contribution in [0, 0.1) is 0 Å². The molecule has 0 atom stereocenters. The highest BCUT2D eigenvalue weighted by Gasteiger charge is 2.17. The molecule has 0 aliphatic heterocycles. The van der Waals surface area contributed by atoms with Crippen LogP contribution in [0.25, 0.3) is 64.2 Å². The van der Waals surface area contributed by atoms with Crippen LogP contribution in [0.3, 0.4) is 0 Å². The third-order valence-corrected chi connectivity index (χ3v) is 9.67. The molecular weight excluding hydrogens is 525 g/mol. The largest absolute Gasteiger partial charge is 0.264 e. The second kappa shape index (κ2) is 9.60. The highest BCUT2D eigenvalue weighted by Crippen LogP contribution is 2.45. The number of thiazole rings is 1. The van der Waals surface area contributed by atoms with E-state index in [1.807, 2.05) is 30.2 Å². The van der Waals surface area contributed by atoms with Crippen LogP contribution in [0.1, 0.15) is 0 Å². The van der Waals surface area contributed by atoms with Gasteiger partial charge < -0.3 is 0 Å². The number of rotatable bonds is 4. The lowest BCUT2D eigenvalue weighted by molar-refractivity contribution is 1.36. The Morgan fingerprint density at radius 1 is 0.575 bits per heavy atom. The van der Waals surface area contributed by atoms with Crippen molar-refractivity contribution in [3.05, 3.63) is 134 Å². The number of fused-ring (bicyclic) bond motifs is 4. The number of benzene rings is 6. The Morgan fingerprint density at radius 3 is 2.17 bits per heavy atom. The van der Waals surface area contributed by atoms with E-state index in [4.69, 9.17) is 4.98 Å². The Kier molecular flexibility index (Phi) is 5.61. The quantitative estimate of drug-likeness (QED) is 0.205. The Bertz CT molecular complexity index is 2110. The lowest BCUT2D eigenvalue weighted by Crippen LogP contribution is -1.90. The van der Waals surface area contributed by atoms with Gasteiger partial charge in [-0.2, -0.15) is 0 Å². The van der Waals surface area contributed by atoms with E-state index in [-0.39, 0.29) is 0 Å². The van der Waals surface area contributed by atoms with Gasteiger partial charge in [0.2, 0.25) is 0 Å². The molecule has 0 radical (unpaired) electrons. The molecule has 0 N–H and O–H groups in total. The zero-order chi connectivity index (χ0) is 26.5. The van der Waals surface area contributed by atoms with Crippen LogP contribution in [-0.2, 0) is 0 Å². The van der Waals surface area contributed by atoms with E-state index in [2.05, 4.69) is 120 Å². The monoisotopic (exact) mass is 546 g/mol. The molecule has 2 heterocycles. The number of nitrogens with zero attached hydrogens (tertiary/aromatic N) is 2. The van der Waals surface area contributed by atoms with Crippen molar-refractivity contribution < 1.29 is 0 Å². The zero-order valence-electron chi connectivity index (χ0n) is 21.4. The summed E-state index contributed by atoms with van der Waals surface area (Å²) >= 11 is 3.56. The molecule has 0 unspecified atom stereocenters. The molecule has 0 bridgehead atoms. The van der Waals surface area contributed by atoms with Crippen LogP contribution in [0.15, 0.2) is 144 Å². The van der Waals surface area contributed by atoms with Gasteiger partial charge in [0.05, 0.1) is 10.2 Å². The highest BCUT2D eigenvalue weighted by molar-refractivity contribution is 7.99. The normalized spacial score (nSPS) is 11.6. The van der Waals surface area contributed by atoms with E-state index < -0.39 is 0 Å². The molecule has 6 aromatic carbocycles. The summed E-state index contributed by atoms with van der Waals surface area (Å²) in [6.45, 7) is 0. The molecule has 0 aliphatic rings. The lowest BCUT2D eigenvalue weighted by Gasteiger charge is -2.17. The van der Waals surface area contributed by atoms with Gasteiger partial charge in [-0.05, 0) is 74.5 Å². The number of hydrogen-bond acceptors (Lipinski definition) is 4. The molecule has 188 valence electrons. The zero-order valence-corrected chi connectivity index (χ0v) is 23.0. The first-order valence-electron chi connectivity index (χ1n) is 13.2. The van der Waals surface area contributed by atoms with Crippen molar-refractivity contribution in [3.63, 3.8) is 0 Å². The molecule has 0 aliphatic carbocycles. The maximum Gasteiger partial charge on any atom is 0.124 e. The molecule has 40 heavy (non-hydrogen) atoms. The molecule has 0 spiro atoms. The minimum Gasteiger partial charge on any atom is -0.264 e. The summed E-state index contributed by atoms with van der Waals surface area (Å²) in [5, 5.41) is 8.44. The van der Waals surface area contributed by atoms with E-state index in [1.54, 1.807) is 11.3 Å². The minimum atomic E-state index is 1.05. The summed E-state index contributed by atoms with van der Waals surface area (Å²) in [6, 6.07) is 43.4. The number of aromatic nitrogens is 2. The van der Waals surface area contributed by atoms with Crippen LogP contribution in [0.4, 0.5) is 0 Å². The second-order valence-corrected chi connectivity index (χ2v) is 12.0. The van der Waals surface area contributed by atoms with Gasteiger partial charge in [-0.25, -0.2) is 4.98 Å². The van der Waals surface area contributed by atoms with Crippen molar-refractivity contribution in [2.24, 2.45) is 0 Å². The number of para-hydroxylation sites is 1. The first-order valence-corrected chi connectivity index (χ1v) is 14.9. The standard InChI is InChI=1S/C36H22N2S2/c1-2-8-25-21-26(14-13-23(25)7-1)34-28-9-3-4-10-29(28)35(30-19-20-37-22-31(30)34)39-27-17-15-24(16-18-27)36-38-32-11-5-6-12-33(32)40-36/h1-22H. The average molecular weight is 547 g/mol. The summed E-state index contributed by atoms with van der Waals surface area (Å²) in [5.41, 5.74) is 4.65. The van der Waals surface area contributed by atoms with Gasteiger partial charge in [-0.15, -0.1) is 11.3 Å². The van der Waals surface area contributed by atoms with Crippen LogP contribution in [0.2, 0.25) is 0 Å². The Labute approximate surface area is 240 Å². The topological polar surface area (TPSA) is 25.8 Å². The molecule has 2 aromatic heterocycles. The molecule has 2 nitrogen and oxygen atoms in total. The fourth-order valence-electron chi connectivity index (χ4n) is 5.53. The third-order valence-electron chi connectivity index (χ3n) is 7.43. The maximum atomic E-state index is 4.84. The molecule has 0 saturated carbocycles. The molecule has 4 heteroatoms. The molecule has 8 aromatic rings. The van der Waals surface area contributed by atoms with Crippen LogP contribution in [-0.4, -0.2) is 9.97 Å². The van der Waals surface area contributed by atoms with E-state index >= 15 is 0 Å². The van der Waals surface area contributed by atoms with Gasteiger partial charge in [-0.1, -0.05) is 96.7 Å². The SMILES string of the molecule is c1ccc2cc(-c3c4ccccc4c(Sc4ccc(-c5nc6ccccc6s5)cc4)c4ccncc34)ccc2c1. The number of pyridine rings is 1. The predicted molar refractivity (Wildman–Crippen MR) is 171 cm³/mol. The van der Waals surface area contributed by atoms with Crippen molar-refractivity contribution in [3.8, 4) is 21.7 Å². The van der Waals surface area contributed by atoms with Crippen molar-refractivity contribution in [1.29, 1.82) is 0 Å². The molecule has 0 fully saturated rings. The average Bonchev–Trinajstić information content (AvgIpc) is 3.46. The fraction of sp³-hybridized carbons (Fsp3) is 0. The summed E-state index contributed by atoms with van der Waals surface area (Å²) in [4.78, 5) is 11.9. The van der Waals surface area contributed by atoms with Crippen LogP contribution in [0.5, 0.6) is 0 Å². The van der Waals surface area contributed by atoms with Crippen LogP contribution < -0.4 is 0 Å². The van der Waals surface area contributed by atoms with Crippen molar-refractivity contribution in [2.75, 3.05) is 0 Å². The van der Waals surface area contributed by atoms with Gasteiger partial charge in [0.1, 0.15) is 5.01 Å². The van der Waals surface area contributed by atoms with Gasteiger partial charge in [-0.3, -0.25) is 4.98 Å². The smallest absolute Gasteiger partial charge is 0.124 e. The Hall–Kier alpha value is -4.51. The first kappa shape index (κ1) is 23.4. The summed E-state index contributed by atoms with van der Waals surface area (Å²) in [7, 11) is 0. The van der Waals surface area contributed by atoms with Gasteiger partial charge in [0.25, 0.3) is 0 Å².